The molecule has 2 aliphatic rings. The smallest absolute Gasteiger partial charge is 0.250 e. The monoisotopic (exact) mass is 376 g/mol. The molecule has 0 atom stereocenters. The van der Waals surface area contributed by atoms with Crippen molar-refractivity contribution in [3.63, 3.8) is 0 Å². The molecule has 1 heterocycles. The molecule has 1 fully saturated rings. The van der Waals surface area contributed by atoms with Gasteiger partial charge in [0.2, 0.25) is 15.9 Å². The van der Waals surface area contributed by atoms with Crippen molar-refractivity contribution in [2.75, 3.05) is 26.2 Å². The third-order valence-corrected chi connectivity index (χ3v) is 7.43. The molecule has 1 aliphatic heterocycles. The van der Waals surface area contributed by atoms with E-state index in [1.165, 1.54) is 0 Å². The van der Waals surface area contributed by atoms with Crippen LogP contribution < -0.4 is 0 Å². The van der Waals surface area contributed by atoms with E-state index >= 15 is 0 Å². The Morgan fingerprint density at radius 2 is 1.85 bits per heavy atom. The molecule has 0 aromatic heterocycles. The Bertz CT molecular complexity index is 817. The molecule has 26 heavy (non-hydrogen) atoms. The summed E-state index contributed by atoms with van der Waals surface area (Å²) in [6.45, 7) is 8.62. The third kappa shape index (κ3) is 3.58. The molecule has 0 unspecified atom stereocenters. The summed E-state index contributed by atoms with van der Waals surface area (Å²) in [7, 11) is -3.46. The zero-order valence-corrected chi connectivity index (χ0v) is 16.7. The number of piperidine rings is 1. The van der Waals surface area contributed by atoms with Crippen LogP contribution in [0.5, 0.6) is 0 Å². The molecule has 0 bridgehead atoms. The van der Waals surface area contributed by atoms with Crippen molar-refractivity contribution >= 4 is 22.0 Å². The van der Waals surface area contributed by atoms with Crippen molar-refractivity contribution in [1.82, 2.24) is 9.21 Å². The summed E-state index contributed by atoms with van der Waals surface area (Å²) in [4.78, 5) is 14.7. The highest BCUT2D eigenvalue weighted by molar-refractivity contribution is 7.89. The Labute approximate surface area is 156 Å². The summed E-state index contributed by atoms with van der Waals surface area (Å²) in [5, 5.41) is 0. The normalized spacial score (nSPS) is 18.5. The summed E-state index contributed by atoms with van der Waals surface area (Å²) < 4.78 is 27.5. The molecule has 0 N–H and O–H groups in total. The van der Waals surface area contributed by atoms with Crippen molar-refractivity contribution in [3.8, 4) is 0 Å². The van der Waals surface area contributed by atoms with Gasteiger partial charge < -0.3 is 4.90 Å². The molecule has 3 rings (SSSR count). The highest BCUT2D eigenvalue weighted by Gasteiger charge is 2.29. The van der Waals surface area contributed by atoms with Gasteiger partial charge in [0.25, 0.3) is 0 Å². The van der Waals surface area contributed by atoms with Crippen molar-refractivity contribution in [3.05, 3.63) is 34.9 Å². The number of hydrogen-bond acceptors (Lipinski definition) is 3. The van der Waals surface area contributed by atoms with Gasteiger partial charge in [-0.2, -0.15) is 4.31 Å². The number of sulfonamides is 1. The van der Waals surface area contributed by atoms with Crippen molar-refractivity contribution in [2.45, 2.75) is 44.9 Å². The maximum atomic E-state index is 12.9. The van der Waals surface area contributed by atoms with Crippen LogP contribution in [0.3, 0.4) is 0 Å². The van der Waals surface area contributed by atoms with Crippen LogP contribution in [0.4, 0.5) is 0 Å². The van der Waals surface area contributed by atoms with E-state index in [2.05, 4.69) is 6.92 Å². The molecular weight excluding hydrogens is 348 g/mol. The van der Waals surface area contributed by atoms with Crippen LogP contribution in [0, 0.1) is 5.92 Å². The molecule has 1 aromatic rings. The van der Waals surface area contributed by atoms with Gasteiger partial charge in [-0.05, 0) is 61.9 Å². The number of hydrogen-bond donors (Lipinski definition) is 0. The van der Waals surface area contributed by atoms with Crippen LogP contribution >= 0.6 is 0 Å². The highest BCUT2D eigenvalue weighted by atomic mass is 32.2. The molecule has 1 amide bonds. The van der Waals surface area contributed by atoms with Gasteiger partial charge in [0, 0.05) is 38.2 Å². The van der Waals surface area contributed by atoms with Gasteiger partial charge in [0.1, 0.15) is 0 Å². The molecule has 1 saturated heterocycles. The van der Waals surface area contributed by atoms with E-state index < -0.39 is 10.0 Å². The predicted octanol–water partition coefficient (Wildman–Crippen LogP) is 2.92. The van der Waals surface area contributed by atoms with Crippen LogP contribution in [-0.2, 0) is 21.2 Å². The SMILES string of the molecule is CCN(CC)C(=O)C1=Cc2cc(S(=O)(=O)N3CCC(C)CC3)ccc2C1. The van der Waals surface area contributed by atoms with Gasteiger partial charge in [-0.25, -0.2) is 8.42 Å². The second kappa shape index (κ2) is 7.53. The maximum absolute atomic E-state index is 12.9. The number of nitrogens with zero attached hydrogens (tertiary/aromatic N) is 2. The molecule has 5 nitrogen and oxygen atoms in total. The van der Waals surface area contributed by atoms with Gasteiger partial charge in [-0.1, -0.05) is 13.0 Å². The minimum atomic E-state index is -3.46. The Balaban J connectivity index is 1.84. The van der Waals surface area contributed by atoms with E-state index in [4.69, 9.17) is 0 Å². The van der Waals surface area contributed by atoms with E-state index in [1.807, 2.05) is 26.0 Å². The molecule has 142 valence electrons. The summed E-state index contributed by atoms with van der Waals surface area (Å²) >= 11 is 0. The first kappa shape index (κ1) is 19.1. The lowest BCUT2D eigenvalue weighted by Crippen LogP contribution is -2.37. The fourth-order valence-electron chi connectivity index (χ4n) is 3.70. The van der Waals surface area contributed by atoms with Crippen LogP contribution in [0.15, 0.2) is 28.7 Å². The largest absolute Gasteiger partial charge is 0.339 e. The first-order valence-corrected chi connectivity index (χ1v) is 10.9. The maximum Gasteiger partial charge on any atom is 0.250 e. The summed E-state index contributed by atoms with van der Waals surface area (Å²) in [6, 6.07) is 5.27. The Kier molecular flexibility index (Phi) is 5.53. The zero-order chi connectivity index (χ0) is 18.9. The molecule has 6 heteroatoms. The van der Waals surface area contributed by atoms with Crippen molar-refractivity contribution in [2.24, 2.45) is 5.92 Å². The molecule has 0 radical (unpaired) electrons. The minimum Gasteiger partial charge on any atom is -0.339 e. The summed E-state index contributed by atoms with van der Waals surface area (Å²) in [5.74, 6) is 0.624. The first-order chi connectivity index (χ1) is 12.4. The Morgan fingerprint density at radius 3 is 2.46 bits per heavy atom. The number of benzene rings is 1. The number of amides is 1. The second-order valence-corrected chi connectivity index (χ2v) is 9.21. The van der Waals surface area contributed by atoms with E-state index in [9.17, 15) is 13.2 Å². The average molecular weight is 377 g/mol. The van der Waals surface area contributed by atoms with E-state index in [0.717, 1.165) is 29.5 Å². The van der Waals surface area contributed by atoms with Gasteiger partial charge in [-0.3, -0.25) is 4.79 Å². The van der Waals surface area contributed by atoms with Crippen LogP contribution in [0.1, 0.15) is 44.7 Å². The van der Waals surface area contributed by atoms with Crippen molar-refractivity contribution < 1.29 is 13.2 Å². The lowest BCUT2D eigenvalue weighted by molar-refractivity contribution is -0.126. The summed E-state index contributed by atoms with van der Waals surface area (Å²) in [5.41, 5.74) is 2.61. The summed E-state index contributed by atoms with van der Waals surface area (Å²) in [6.07, 6.45) is 4.25. The van der Waals surface area contributed by atoms with E-state index in [-0.39, 0.29) is 5.91 Å². The lowest BCUT2D eigenvalue weighted by atomic mass is 10.0. The van der Waals surface area contributed by atoms with Crippen LogP contribution in [-0.4, -0.2) is 49.7 Å². The molecule has 0 spiro atoms. The zero-order valence-electron chi connectivity index (χ0n) is 15.9. The lowest BCUT2D eigenvalue weighted by Gasteiger charge is -2.29. The fourth-order valence-corrected chi connectivity index (χ4v) is 5.20. The Hall–Kier alpha value is -1.66. The van der Waals surface area contributed by atoms with Gasteiger partial charge >= 0.3 is 0 Å². The predicted molar refractivity (Wildman–Crippen MR) is 103 cm³/mol. The number of carbonyl (C=O) groups excluding carboxylic acids is 1. The molecule has 1 aromatic carbocycles. The number of carbonyl (C=O) groups is 1. The van der Waals surface area contributed by atoms with Gasteiger partial charge in [0.15, 0.2) is 0 Å². The van der Waals surface area contributed by atoms with Crippen LogP contribution in [0.2, 0.25) is 0 Å². The molecule has 0 saturated carbocycles. The second-order valence-electron chi connectivity index (χ2n) is 7.27. The van der Waals surface area contributed by atoms with E-state index in [1.54, 1.807) is 21.3 Å². The number of rotatable bonds is 5. The standard InChI is InChI=1S/C20H28N2O3S/c1-4-21(5-2)20(23)18-12-16-6-7-19(14-17(16)13-18)26(24,25)22-10-8-15(3)9-11-22/h6-7,13-15H,4-5,8-12H2,1-3H3. The minimum absolute atomic E-state index is 0.0422. The third-order valence-electron chi connectivity index (χ3n) is 5.53. The topological polar surface area (TPSA) is 57.7 Å². The fraction of sp³-hybridized carbons (Fsp3) is 0.550. The number of likely N-dealkylation sites (N-methyl/N-ethyl adjacent to an activating group) is 1. The quantitative estimate of drug-likeness (QED) is 0.794. The first-order valence-electron chi connectivity index (χ1n) is 9.49. The highest BCUT2D eigenvalue weighted by Crippen LogP contribution is 2.30. The number of fused-ring (bicyclic) bond motifs is 1. The van der Waals surface area contributed by atoms with Gasteiger partial charge in [0.05, 0.1) is 4.90 Å². The molecular formula is C20H28N2O3S. The molecule has 1 aliphatic carbocycles. The van der Waals surface area contributed by atoms with Gasteiger partial charge in [-0.15, -0.1) is 0 Å². The average Bonchev–Trinajstić information content (AvgIpc) is 3.06. The Morgan fingerprint density at radius 1 is 1.19 bits per heavy atom. The van der Waals surface area contributed by atoms with Crippen molar-refractivity contribution in [1.29, 1.82) is 0 Å². The van der Waals surface area contributed by atoms with E-state index in [0.29, 0.717) is 43.4 Å². The van der Waals surface area contributed by atoms with Crippen LogP contribution in [0.25, 0.3) is 6.08 Å².